The molecule has 0 spiro atoms. The zero-order valence-corrected chi connectivity index (χ0v) is 17.7. The van der Waals surface area contributed by atoms with Gasteiger partial charge in [0.1, 0.15) is 0 Å². The van der Waals surface area contributed by atoms with Crippen molar-refractivity contribution in [3.8, 4) is 11.5 Å². The maximum absolute atomic E-state index is 12.0. The molecule has 28 heavy (non-hydrogen) atoms. The molecule has 150 valence electrons. The van der Waals surface area contributed by atoms with Crippen molar-refractivity contribution in [2.45, 2.75) is 19.4 Å². The van der Waals surface area contributed by atoms with Gasteiger partial charge in [0.25, 0.3) is 5.91 Å². The number of methoxy groups -OCH3 is 2. The van der Waals surface area contributed by atoms with Crippen LogP contribution in [0.3, 0.4) is 0 Å². The van der Waals surface area contributed by atoms with Crippen LogP contribution in [0.2, 0.25) is 0 Å². The van der Waals surface area contributed by atoms with Gasteiger partial charge in [-0.15, -0.1) is 0 Å². The molecule has 0 bridgehead atoms. The number of ether oxygens (including phenoxy) is 2. The summed E-state index contributed by atoms with van der Waals surface area (Å²) < 4.78 is 10.7. The van der Waals surface area contributed by atoms with E-state index >= 15 is 0 Å². The van der Waals surface area contributed by atoms with E-state index in [1.54, 1.807) is 45.3 Å². The van der Waals surface area contributed by atoms with Crippen LogP contribution in [0.5, 0.6) is 11.5 Å². The average molecular weight is 402 g/mol. The van der Waals surface area contributed by atoms with Gasteiger partial charge in [0.05, 0.1) is 20.3 Å². The minimum absolute atomic E-state index is 0.0226. The maximum atomic E-state index is 12.0. The number of hydrogen-bond acceptors (Lipinski definition) is 4. The van der Waals surface area contributed by atoms with Crippen LogP contribution in [0.1, 0.15) is 35.3 Å². The Bertz CT molecular complexity index is 822. The van der Waals surface area contributed by atoms with Crippen LogP contribution in [0.15, 0.2) is 42.5 Å². The van der Waals surface area contributed by atoms with Crippen molar-refractivity contribution in [1.82, 2.24) is 10.2 Å². The van der Waals surface area contributed by atoms with Crippen LogP contribution in [-0.2, 0) is 0 Å². The fourth-order valence-corrected chi connectivity index (χ4v) is 3.03. The molecule has 0 aromatic heterocycles. The molecule has 1 amide bonds. The lowest BCUT2D eigenvalue weighted by molar-refractivity contribution is 0.0827. The van der Waals surface area contributed by atoms with Gasteiger partial charge >= 0.3 is 0 Å². The van der Waals surface area contributed by atoms with Gasteiger partial charge in [-0.25, -0.2) is 0 Å². The quantitative estimate of drug-likeness (QED) is 0.688. The molecule has 0 unspecified atom stereocenters. The number of carbonyl (C=O) groups is 1. The van der Waals surface area contributed by atoms with Crippen LogP contribution >= 0.6 is 12.2 Å². The van der Waals surface area contributed by atoms with E-state index < -0.39 is 0 Å². The van der Waals surface area contributed by atoms with Gasteiger partial charge in [-0.2, -0.15) is 0 Å². The van der Waals surface area contributed by atoms with Crippen LogP contribution < -0.4 is 20.1 Å². The first-order valence-electron chi connectivity index (χ1n) is 9.00. The van der Waals surface area contributed by atoms with E-state index in [1.807, 2.05) is 30.3 Å². The van der Waals surface area contributed by atoms with E-state index in [0.29, 0.717) is 22.2 Å². The number of rotatable bonds is 7. The van der Waals surface area contributed by atoms with Gasteiger partial charge in [0.2, 0.25) is 0 Å². The summed E-state index contributed by atoms with van der Waals surface area (Å²) in [5.41, 5.74) is 2.50. The molecule has 0 fully saturated rings. The molecule has 2 aromatic carbocycles. The number of hydrogen-bond donors (Lipinski definition) is 2. The Labute approximate surface area is 171 Å². The van der Waals surface area contributed by atoms with Crippen molar-refractivity contribution in [3.05, 3.63) is 53.6 Å². The van der Waals surface area contributed by atoms with E-state index in [1.165, 1.54) is 0 Å². The van der Waals surface area contributed by atoms with Crippen molar-refractivity contribution in [2.24, 2.45) is 0 Å². The van der Waals surface area contributed by atoms with Gasteiger partial charge in [0.15, 0.2) is 16.6 Å². The molecular weight excluding hydrogens is 374 g/mol. The molecule has 0 heterocycles. The highest BCUT2D eigenvalue weighted by Gasteiger charge is 2.14. The molecule has 7 heteroatoms. The van der Waals surface area contributed by atoms with Crippen LogP contribution in [0, 0.1) is 0 Å². The second-order valence-electron chi connectivity index (χ2n) is 6.45. The maximum Gasteiger partial charge on any atom is 0.253 e. The number of nitrogens with one attached hydrogen (secondary N) is 2. The molecule has 0 aliphatic carbocycles. The minimum atomic E-state index is -0.0354. The predicted molar refractivity (Wildman–Crippen MR) is 116 cm³/mol. The van der Waals surface area contributed by atoms with E-state index in [9.17, 15) is 4.79 Å². The first-order chi connectivity index (χ1) is 13.4. The van der Waals surface area contributed by atoms with Gasteiger partial charge in [0, 0.05) is 25.3 Å². The lowest BCUT2D eigenvalue weighted by atomic mass is 10.0. The number of benzene rings is 2. The van der Waals surface area contributed by atoms with E-state index in [2.05, 4.69) is 17.6 Å². The highest BCUT2D eigenvalue weighted by atomic mass is 32.1. The Morgan fingerprint density at radius 3 is 2.25 bits per heavy atom. The monoisotopic (exact) mass is 401 g/mol. The summed E-state index contributed by atoms with van der Waals surface area (Å²) in [5, 5.41) is 6.99. The molecule has 0 aliphatic rings. The van der Waals surface area contributed by atoms with Crippen molar-refractivity contribution < 1.29 is 14.3 Å². The third-order valence-electron chi connectivity index (χ3n) is 4.32. The number of nitrogens with zero attached hydrogens (tertiary/aromatic N) is 1. The standard InChI is InChI=1S/C21H27N3O3S/c1-6-17(15-9-12-18(26-4)19(13-15)27-5)23-21(28)22-16-10-7-14(8-11-16)20(25)24(2)3/h7-13,17H,6H2,1-5H3,(H2,22,23,28)/t17-/m0/s1. The summed E-state index contributed by atoms with van der Waals surface area (Å²) in [7, 11) is 6.69. The molecule has 0 aliphatic heterocycles. The fourth-order valence-electron chi connectivity index (χ4n) is 2.77. The van der Waals surface area contributed by atoms with Gasteiger partial charge < -0.3 is 25.0 Å². The molecule has 0 saturated carbocycles. The van der Waals surface area contributed by atoms with Gasteiger partial charge in [-0.3, -0.25) is 4.79 Å². The Kier molecular flexibility index (Phi) is 7.63. The van der Waals surface area contributed by atoms with Gasteiger partial charge in [-0.1, -0.05) is 13.0 Å². The normalized spacial score (nSPS) is 11.3. The molecule has 0 radical (unpaired) electrons. The molecule has 2 N–H and O–H groups in total. The average Bonchev–Trinajstić information content (AvgIpc) is 2.71. The topological polar surface area (TPSA) is 62.8 Å². The summed E-state index contributed by atoms with van der Waals surface area (Å²) in [6, 6.07) is 13.1. The zero-order valence-electron chi connectivity index (χ0n) is 16.9. The SMILES string of the molecule is CC[C@H](NC(=S)Nc1ccc(C(=O)N(C)C)cc1)c1ccc(OC)c(OC)c1. The number of anilines is 1. The molecule has 2 rings (SSSR count). The summed E-state index contributed by atoms with van der Waals surface area (Å²) in [5.74, 6) is 1.33. The largest absolute Gasteiger partial charge is 0.493 e. The van der Waals surface area contributed by atoms with Gasteiger partial charge in [-0.05, 0) is 60.6 Å². The highest BCUT2D eigenvalue weighted by molar-refractivity contribution is 7.80. The Balaban J connectivity index is 2.05. The van der Waals surface area contributed by atoms with Crippen molar-refractivity contribution in [1.29, 1.82) is 0 Å². The van der Waals surface area contributed by atoms with Crippen molar-refractivity contribution in [3.63, 3.8) is 0 Å². The second kappa shape index (κ2) is 9.94. The second-order valence-corrected chi connectivity index (χ2v) is 6.86. The number of thiocarbonyl (C=S) groups is 1. The Morgan fingerprint density at radius 1 is 1.07 bits per heavy atom. The van der Waals surface area contributed by atoms with Crippen LogP contribution in [-0.4, -0.2) is 44.2 Å². The first kappa shape index (κ1) is 21.5. The minimum Gasteiger partial charge on any atom is -0.493 e. The van der Waals surface area contributed by atoms with Crippen molar-refractivity contribution in [2.75, 3.05) is 33.6 Å². The third kappa shape index (κ3) is 5.36. The number of amides is 1. The number of carbonyl (C=O) groups excluding carboxylic acids is 1. The van der Waals surface area contributed by atoms with Crippen molar-refractivity contribution >= 4 is 28.9 Å². The summed E-state index contributed by atoms with van der Waals surface area (Å²) in [4.78, 5) is 13.5. The fraction of sp³-hybridized carbons (Fsp3) is 0.333. The summed E-state index contributed by atoms with van der Waals surface area (Å²) >= 11 is 5.46. The highest BCUT2D eigenvalue weighted by Crippen LogP contribution is 2.30. The molecule has 2 aromatic rings. The lowest BCUT2D eigenvalue weighted by Gasteiger charge is -2.21. The Morgan fingerprint density at radius 2 is 1.71 bits per heavy atom. The Hall–Kier alpha value is -2.80. The first-order valence-corrected chi connectivity index (χ1v) is 9.41. The molecule has 1 atom stereocenters. The van der Waals surface area contributed by atoms with Crippen LogP contribution in [0.4, 0.5) is 5.69 Å². The molecule has 6 nitrogen and oxygen atoms in total. The van der Waals surface area contributed by atoms with E-state index in [4.69, 9.17) is 21.7 Å². The zero-order chi connectivity index (χ0) is 20.7. The lowest BCUT2D eigenvalue weighted by Crippen LogP contribution is -2.32. The summed E-state index contributed by atoms with van der Waals surface area (Å²) in [6.07, 6.45) is 0.841. The molecule has 0 saturated heterocycles. The van der Waals surface area contributed by atoms with Crippen LogP contribution in [0.25, 0.3) is 0 Å². The summed E-state index contributed by atoms with van der Waals surface area (Å²) in [6.45, 7) is 2.08. The molecular formula is C21H27N3O3S. The van der Waals surface area contributed by atoms with E-state index in [-0.39, 0.29) is 11.9 Å². The van der Waals surface area contributed by atoms with E-state index in [0.717, 1.165) is 17.7 Å². The smallest absolute Gasteiger partial charge is 0.253 e. The third-order valence-corrected chi connectivity index (χ3v) is 4.54. The predicted octanol–water partition coefficient (Wildman–Crippen LogP) is 3.84.